The Morgan fingerprint density at radius 3 is 2.86 bits per heavy atom. The SMILES string of the molecule is Nc1ccc(N2CCC[C@H]3CCCC[C@H]32)c2cccnc12. The minimum atomic E-state index is 0.722. The lowest BCUT2D eigenvalue weighted by atomic mass is 9.78. The maximum atomic E-state index is 6.11. The Hall–Kier alpha value is -1.77. The third-order valence-corrected chi connectivity index (χ3v) is 5.33. The average Bonchev–Trinajstić information content (AvgIpc) is 2.55. The first-order chi connectivity index (χ1) is 10.3. The molecule has 0 amide bonds. The van der Waals surface area contributed by atoms with Gasteiger partial charge < -0.3 is 10.6 Å². The lowest BCUT2D eigenvalue weighted by molar-refractivity contribution is 0.244. The second-order valence-electron chi connectivity index (χ2n) is 6.52. The number of fused-ring (bicyclic) bond motifs is 2. The highest BCUT2D eigenvalue weighted by atomic mass is 15.2. The number of piperidine rings is 1. The molecule has 2 fully saturated rings. The molecule has 1 aliphatic heterocycles. The molecule has 0 radical (unpaired) electrons. The van der Waals surface area contributed by atoms with Crippen molar-refractivity contribution < 1.29 is 0 Å². The Bertz CT molecular complexity index is 650. The summed E-state index contributed by atoms with van der Waals surface area (Å²) < 4.78 is 0. The van der Waals surface area contributed by atoms with Gasteiger partial charge in [0.25, 0.3) is 0 Å². The molecule has 0 unspecified atom stereocenters. The quantitative estimate of drug-likeness (QED) is 0.804. The van der Waals surface area contributed by atoms with Crippen LogP contribution >= 0.6 is 0 Å². The van der Waals surface area contributed by atoms with Crippen LogP contribution in [0.15, 0.2) is 30.5 Å². The van der Waals surface area contributed by atoms with Crippen molar-refractivity contribution in [1.82, 2.24) is 4.98 Å². The Labute approximate surface area is 126 Å². The fraction of sp³-hybridized carbons (Fsp3) is 0.500. The van der Waals surface area contributed by atoms with E-state index >= 15 is 0 Å². The number of hydrogen-bond donors (Lipinski definition) is 1. The lowest BCUT2D eigenvalue weighted by Gasteiger charge is -2.45. The van der Waals surface area contributed by atoms with Crippen LogP contribution in [0.5, 0.6) is 0 Å². The summed E-state index contributed by atoms with van der Waals surface area (Å²) >= 11 is 0. The van der Waals surface area contributed by atoms with Crippen LogP contribution in [0.1, 0.15) is 38.5 Å². The van der Waals surface area contributed by atoms with Crippen molar-refractivity contribution in [3.63, 3.8) is 0 Å². The molecular formula is C18H23N3. The molecule has 2 N–H and O–H groups in total. The van der Waals surface area contributed by atoms with Gasteiger partial charge in [-0.2, -0.15) is 0 Å². The predicted octanol–water partition coefficient (Wildman–Crippen LogP) is 3.98. The van der Waals surface area contributed by atoms with Gasteiger partial charge in [0.2, 0.25) is 0 Å². The van der Waals surface area contributed by atoms with Gasteiger partial charge in [-0.05, 0) is 55.9 Å². The van der Waals surface area contributed by atoms with E-state index in [4.69, 9.17) is 5.73 Å². The summed E-state index contributed by atoms with van der Waals surface area (Å²) in [4.78, 5) is 7.14. The number of nitrogen functional groups attached to an aromatic ring is 1. The molecule has 3 nitrogen and oxygen atoms in total. The van der Waals surface area contributed by atoms with E-state index in [1.54, 1.807) is 0 Å². The van der Waals surface area contributed by atoms with E-state index in [0.29, 0.717) is 0 Å². The van der Waals surface area contributed by atoms with Crippen molar-refractivity contribution in [3.8, 4) is 0 Å². The molecule has 1 aliphatic carbocycles. The molecule has 0 spiro atoms. The largest absolute Gasteiger partial charge is 0.397 e. The third kappa shape index (κ3) is 2.15. The number of aromatic nitrogens is 1. The van der Waals surface area contributed by atoms with Crippen molar-refractivity contribution in [2.75, 3.05) is 17.2 Å². The average molecular weight is 281 g/mol. The Kier molecular flexibility index (Phi) is 3.21. The second-order valence-corrected chi connectivity index (χ2v) is 6.52. The van der Waals surface area contributed by atoms with Crippen LogP contribution in [0.25, 0.3) is 10.9 Å². The number of benzene rings is 1. The Morgan fingerprint density at radius 1 is 1.05 bits per heavy atom. The fourth-order valence-corrected chi connectivity index (χ4v) is 4.35. The highest BCUT2D eigenvalue weighted by Gasteiger charge is 2.33. The van der Waals surface area contributed by atoms with Gasteiger partial charge in [0.05, 0.1) is 11.2 Å². The van der Waals surface area contributed by atoms with Gasteiger partial charge >= 0.3 is 0 Å². The van der Waals surface area contributed by atoms with E-state index in [0.717, 1.165) is 23.2 Å². The van der Waals surface area contributed by atoms with E-state index in [2.05, 4.69) is 22.0 Å². The molecule has 4 rings (SSSR count). The molecular weight excluding hydrogens is 258 g/mol. The van der Waals surface area contributed by atoms with Crippen molar-refractivity contribution in [1.29, 1.82) is 0 Å². The normalized spacial score (nSPS) is 25.8. The molecule has 110 valence electrons. The van der Waals surface area contributed by atoms with Crippen LogP contribution in [-0.4, -0.2) is 17.6 Å². The van der Waals surface area contributed by atoms with Gasteiger partial charge in [-0.3, -0.25) is 4.98 Å². The van der Waals surface area contributed by atoms with E-state index in [-0.39, 0.29) is 0 Å². The van der Waals surface area contributed by atoms with E-state index < -0.39 is 0 Å². The predicted molar refractivity (Wildman–Crippen MR) is 88.5 cm³/mol. The summed E-state index contributed by atoms with van der Waals surface area (Å²) in [6.45, 7) is 1.18. The van der Waals surface area contributed by atoms with Gasteiger partial charge in [-0.15, -0.1) is 0 Å². The smallest absolute Gasteiger partial charge is 0.0951 e. The van der Waals surface area contributed by atoms with E-state index in [9.17, 15) is 0 Å². The summed E-state index contributed by atoms with van der Waals surface area (Å²) in [6.07, 6.45) is 10.1. The minimum absolute atomic E-state index is 0.722. The molecule has 2 atom stereocenters. The third-order valence-electron chi connectivity index (χ3n) is 5.33. The first-order valence-corrected chi connectivity index (χ1v) is 8.24. The molecule has 1 aromatic heterocycles. The van der Waals surface area contributed by atoms with Gasteiger partial charge in [0.1, 0.15) is 0 Å². The lowest BCUT2D eigenvalue weighted by Crippen LogP contribution is -2.47. The van der Waals surface area contributed by atoms with Crippen LogP contribution in [0.4, 0.5) is 11.4 Å². The summed E-state index contributed by atoms with van der Waals surface area (Å²) in [5.74, 6) is 0.886. The Morgan fingerprint density at radius 2 is 1.90 bits per heavy atom. The monoisotopic (exact) mass is 281 g/mol. The molecule has 3 heteroatoms. The van der Waals surface area contributed by atoms with Crippen molar-refractivity contribution in [2.45, 2.75) is 44.6 Å². The number of nitrogens with zero attached hydrogens (tertiary/aromatic N) is 2. The molecule has 1 saturated heterocycles. The van der Waals surface area contributed by atoms with Crippen LogP contribution in [0.2, 0.25) is 0 Å². The van der Waals surface area contributed by atoms with Crippen LogP contribution in [-0.2, 0) is 0 Å². The molecule has 21 heavy (non-hydrogen) atoms. The second kappa shape index (κ2) is 5.21. The summed E-state index contributed by atoms with van der Waals surface area (Å²) in [6, 6.07) is 9.14. The number of nitrogens with two attached hydrogens (primary N) is 1. The number of pyridine rings is 1. The topological polar surface area (TPSA) is 42.1 Å². The molecule has 1 aromatic carbocycles. The first-order valence-electron chi connectivity index (χ1n) is 8.24. The molecule has 1 saturated carbocycles. The minimum Gasteiger partial charge on any atom is -0.397 e. The molecule has 2 aromatic rings. The Balaban J connectivity index is 1.80. The number of anilines is 2. The summed E-state index contributed by atoms with van der Waals surface area (Å²) in [5.41, 5.74) is 9.18. The summed E-state index contributed by atoms with van der Waals surface area (Å²) in [7, 11) is 0. The number of rotatable bonds is 1. The van der Waals surface area contributed by atoms with E-state index in [1.807, 2.05) is 18.3 Å². The highest BCUT2D eigenvalue weighted by Crippen LogP contribution is 2.40. The molecule has 0 bridgehead atoms. The van der Waals surface area contributed by atoms with Gasteiger partial charge in [0, 0.05) is 29.9 Å². The first kappa shape index (κ1) is 12.9. The van der Waals surface area contributed by atoms with Crippen LogP contribution in [0.3, 0.4) is 0 Å². The van der Waals surface area contributed by atoms with Crippen LogP contribution < -0.4 is 10.6 Å². The van der Waals surface area contributed by atoms with Crippen molar-refractivity contribution in [2.24, 2.45) is 5.92 Å². The van der Waals surface area contributed by atoms with Crippen molar-refractivity contribution in [3.05, 3.63) is 30.5 Å². The maximum absolute atomic E-state index is 6.11. The van der Waals surface area contributed by atoms with Crippen molar-refractivity contribution >= 4 is 22.3 Å². The van der Waals surface area contributed by atoms with E-state index in [1.165, 1.54) is 56.1 Å². The summed E-state index contributed by atoms with van der Waals surface area (Å²) in [5, 5.41) is 1.21. The zero-order valence-electron chi connectivity index (χ0n) is 12.5. The zero-order valence-corrected chi connectivity index (χ0v) is 12.5. The van der Waals surface area contributed by atoms with Gasteiger partial charge in [-0.1, -0.05) is 12.8 Å². The molecule has 2 aliphatic rings. The van der Waals surface area contributed by atoms with Crippen LogP contribution in [0, 0.1) is 5.92 Å². The highest BCUT2D eigenvalue weighted by molar-refractivity contribution is 5.98. The zero-order chi connectivity index (χ0) is 14.2. The number of hydrogen-bond acceptors (Lipinski definition) is 3. The fourth-order valence-electron chi connectivity index (χ4n) is 4.35. The molecule has 2 heterocycles. The maximum Gasteiger partial charge on any atom is 0.0951 e. The van der Waals surface area contributed by atoms with Gasteiger partial charge in [-0.25, -0.2) is 0 Å². The standard InChI is InChI=1S/C18H23N3/c19-15-9-10-17(14-7-3-11-20-18(14)15)21-12-4-6-13-5-1-2-8-16(13)21/h3,7,9-11,13,16H,1-2,4-6,8,12,19H2/t13-,16-/m1/s1. The van der Waals surface area contributed by atoms with Gasteiger partial charge in [0.15, 0.2) is 0 Å².